The zero-order chi connectivity index (χ0) is 22.2. The monoisotopic (exact) mass is 438 g/mol. The van der Waals surface area contributed by atoms with E-state index >= 15 is 0 Å². The zero-order valence-electron chi connectivity index (χ0n) is 17.3. The van der Waals surface area contributed by atoms with Crippen LogP contribution >= 0.6 is 11.6 Å². The lowest BCUT2D eigenvalue weighted by Gasteiger charge is -2.19. The third-order valence-corrected chi connectivity index (χ3v) is 4.90. The number of halogens is 1. The summed E-state index contributed by atoms with van der Waals surface area (Å²) in [5.74, 6) is 0.440. The summed E-state index contributed by atoms with van der Waals surface area (Å²) in [5, 5.41) is 3.05. The molecule has 1 heterocycles. The third kappa shape index (κ3) is 5.79. The number of ether oxygens (including phenoxy) is 1. The van der Waals surface area contributed by atoms with Crippen LogP contribution in [0.15, 0.2) is 60.9 Å². The van der Waals surface area contributed by atoms with E-state index in [2.05, 4.69) is 15.3 Å². The Bertz CT molecular complexity index is 1040. The second kappa shape index (κ2) is 10.5. The van der Waals surface area contributed by atoms with Crippen molar-refractivity contribution in [2.24, 2.45) is 0 Å². The largest absolute Gasteiger partial charge is 0.482 e. The molecule has 0 radical (unpaired) electrons. The summed E-state index contributed by atoms with van der Waals surface area (Å²) in [5.41, 5.74) is 1.68. The average Bonchev–Trinajstić information content (AvgIpc) is 2.80. The predicted octanol–water partition coefficient (Wildman–Crippen LogP) is 4.30. The summed E-state index contributed by atoms with van der Waals surface area (Å²) >= 11 is 6.25. The minimum atomic E-state index is -0.360. The first-order valence-electron chi connectivity index (χ1n) is 9.90. The van der Waals surface area contributed by atoms with Crippen molar-refractivity contribution in [3.63, 3.8) is 0 Å². The zero-order valence-corrected chi connectivity index (χ0v) is 18.1. The summed E-state index contributed by atoms with van der Waals surface area (Å²) in [6.45, 7) is 4.96. The summed E-state index contributed by atoms with van der Waals surface area (Å²) in [6, 6.07) is 14.3. The molecule has 3 aromatic rings. The summed E-state index contributed by atoms with van der Waals surface area (Å²) in [6.07, 6.45) is 2.95. The molecule has 2 aromatic carbocycles. The maximum absolute atomic E-state index is 12.5. The Balaban J connectivity index is 1.61. The quantitative estimate of drug-likeness (QED) is 0.567. The first-order valence-corrected chi connectivity index (χ1v) is 10.3. The SMILES string of the molecule is CCN(CC)C(=O)COc1ccc(NC(=O)c2cnc(-c3ccccc3)nc2)cc1Cl. The Morgan fingerprint density at radius 1 is 1.03 bits per heavy atom. The third-order valence-electron chi connectivity index (χ3n) is 4.60. The van der Waals surface area contributed by atoms with Gasteiger partial charge in [0.2, 0.25) is 0 Å². The smallest absolute Gasteiger partial charge is 0.260 e. The van der Waals surface area contributed by atoms with Gasteiger partial charge in [0.25, 0.3) is 11.8 Å². The number of hydrogen-bond acceptors (Lipinski definition) is 5. The normalized spacial score (nSPS) is 10.4. The fourth-order valence-electron chi connectivity index (χ4n) is 2.89. The van der Waals surface area contributed by atoms with Crippen LogP contribution in [0, 0.1) is 0 Å². The number of nitrogens with zero attached hydrogens (tertiary/aromatic N) is 3. The summed E-state index contributed by atoms with van der Waals surface area (Å²) in [7, 11) is 0. The number of aromatic nitrogens is 2. The highest BCUT2D eigenvalue weighted by molar-refractivity contribution is 6.32. The van der Waals surface area contributed by atoms with Crippen molar-refractivity contribution in [1.29, 1.82) is 0 Å². The molecule has 0 fully saturated rings. The topological polar surface area (TPSA) is 84.4 Å². The van der Waals surface area contributed by atoms with Gasteiger partial charge in [0.1, 0.15) is 5.75 Å². The van der Waals surface area contributed by atoms with E-state index in [-0.39, 0.29) is 18.4 Å². The molecule has 7 nitrogen and oxygen atoms in total. The highest BCUT2D eigenvalue weighted by atomic mass is 35.5. The Hall–Kier alpha value is -3.45. The molecular formula is C23H23ClN4O3. The van der Waals surface area contributed by atoms with E-state index in [9.17, 15) is 9.59 Å². The standard InChI is InChI=1S/C23H23ClN4O3/c1-3-28(4-2)21(29)15-31-20-11-10-18(12-19(20)24)27-23(30)17-13-25-22(26-14-17)16-8-6-5-7-9-16/h5-14H,3-4,15H2,1-2H3,(H,27,30). The molecule has 0 spiro atoms. The Kier molecular flexibility index (Phi) is 7.56. The van der Waals surface area contributed by atoms with E-state index in [0.29, 0.717) is 40.9 Å². The number of carbonyl (C=O) groups excluding carboxylic acids is 2. The van der Waals surface area contributed by atoms with E-state index in [0.717, 1.165) is 5.56 Å². The summed E-state index contributed by atoms with van der Waals surface area (Å²) < 4.78 is 5.53. The van der Waals surface area contributed by atoms with Gasteiger partial charge in [-0.3, -0.25) is 9.59 Å². The lowest BCUT2D eigenvalue weighted by atomic mass is 10.2. The molecule has 0 aliphatic rings. The van der Waals surface area contributed by atoms with Crippen LogP contribution < -0.4 is 10.1 Å². The van der Waals surface area contributed by atoms with Crippen molar-refractivity contribution in [3.05, 3.63) is 71.5 Å². The number of anilines is 1. The molecule has 31 heavy (non-hydrogen) atoms. The summed E-state index contributed by atoms with van der Waals surface area (Å²) in [4.78, 5) is 34.8. The molecule has 0 aliphatic carbocycles. The second-order valence-corrected chi connectivity index (χ2v) is 7.02. The van der Waals surface area contributed by atoms with Crippen LogP contribution in [-0.2, 0) is 4.79 Å². The van der Waals surface area contributed by atoms with Gasteiger partial charge in [0.05, 0.1) is 10.6 Å². The van der Waals surface area contributed by atoms with Gasteiger partial charge in [-0.25, -0.2) is 9.97 Å². The predicted molar refractivity (Wildman–Crippen MR) is 120 cm³/mol. The highest BCUT2D eigenvalue weighted by Crippen LogP contribution is 2.28. The molecule has 0 saturated carbocycles. The van der Waals surface area contributed by atoms with E-state index in [1.807, 2.05) is 44.2 Å². The van der Waals surface area contributed by atoms with Crippen molar-refractivity contribution in [2.45, 2.75) is 13.8 Å². The van der Waals surface area contributed by atoms with Crippen molar-refractivity contribution in [1.82, 2.24) is 14.9 Å². The van der Waals surface area contributed by atoms with Crippen molar-refractivity contribution in [3.8, 4) is 17.1 Å². The van der Waals surface area contributed by atoms with Crippen LogP contribution in [0.1, 0.15) is 24.2 Å². The Labute approximate surface area is 186 Å². The molecule has 1 N–H and O–H groups in total. The lowest BCUT2D eigenvalue weighted by Crippen LogP contribution is -2.34. The maximum Gasteiger partial charge on any atom is 0.260 e. The van der Waals surface area contributed by atoms with E-state index in [4.69, 9.17) is 16.3 Å². The van der Waals surface area contributed by atoms with Crippen LogP contribution in [0.4, 0.5) is 5.69 Å². The van der Waals surface area contributed by atoms with Crippen LogP contribution in [-0.4, -0.2) is 46.4 Å². The molecule has 0 atom stereocenters. The van der Waals surface area contributed by atoms with Gasteiger partial charge in [-0.15, -0.1) is 0 Å². The second-order valence-electron chi connectivity index (χ2n) is 6.62. The van der Waals surface area contributed by atoms with Crippen molar-refractivity contribution < 1.29 is 14.3 Å². The van der Waals surface area contributed by atoms with Gasteiger partial charge in [-0.05, 0) is 32.0 Å². The molecule has 3 rings (SSSR count). The van der Waals surface area contributed by atoms with Gasteiger partial charge < -0.3 is 15.0 Å². The van der Waals surface area contributed by atoms with Crippen LogP contribution in [0.2, 0.25) is 5.02 Å². The van der Waals surface area contributed by atoms with Crippen LogP contribution in [0.5, 0.6) is 5.75 Å². The maximum atomic E-state index is 12.5. The molecule has 160 valence electrons. The molecule has 8 heteroatoms. The Morgan fingerprint density at radius 2 is 1.71 bits per heavy atom. The van der Waals surface area contributed by atoms with Crippen LogP contribution in [0.25, 0.3) is 11.4 Å². The Morgan fingerprint density at radius 3 is 2.32 bits per heavy atom. The van der Waals surface area contributed by atoms with Gasteiger partial charge >= 0.3 is 0 Å². The van der Waals surface area contributed by atoms with Crippen molar-refractivity contribution in [2.75, 3.05) is 25.0 Å². The number of carbonyl (C=O) groups is 2. The molecule has 2 amide bonds. The average molecular weight is 439 g/mol. The first-order chi connectivity index (χ1) is 15.0. The fraction of sp³-hybridized carbons (Fsp3) is 0.217. The number of benzene rings is 2. The fourth-order valence-corrected chi connectivity index (χ4v) is 3.12. The molecular weight excluding hydrogens is 416 g/mol. The van der Waals surface area contributed by atoms with Gasteiger partial charge in [-0.1, -0.05) is 41.9 Å². The number of likely N-dealkylation sites (N-methyl/N-ethyl adjacent to an activating group) is 1. The molecule has 0 unspecified atom stereocenters. The van der Waals surface area contributed by atoms with E-state index < -0.39 is 0 Å². The van der Waals surface area contributed by atoms with Crippen molar-refractivity contribution >= 4 is 29.1 Å². The highest BCUT2D eigenvalue weighted by Gasteiger charge is 2.13. The number of nitrogens with one attached hydrogen (secondary N) is 1. The minimum absolute atomic E-state index is 0.0990. The lowest BCUT2D eigenvalue weighted by molar-refractivity contribution is -0.132. The molecule has 0 aliphatic heterocycles. The first kappa shape index (κ1) is 22.2. The number of rotatable bonds is 8. The molecule has 0 saturated heterocycles. The van der Waals surface area contributed by atoms with E-state index in [1.54, 1.807) is 23.1 Å². The number of amides is 2. The molecule has 0 bridgehead atoms. The molecule has 1 aromatic heterocycles. The van der Waals surface area contributed by atoms with Gasteiger partial charge in [-0.2, -0.15) is 0 Å². The van der Waals surface area contributed by atoms with Crippen LogP contribution in [0.3, 0.4) is 0 Å². The van der Waals surface area contributed by atoms with E-state index in [1.165, 1.54) is 12.4 Å². The van der Waals surface area contributed by atoms with Gasteiger partial charge in [0.15, 0.2) is 12.4 Å². The minimum Gasteiger partial charge on any atom is -0.482 e. The van der Waals surface area contributed by atoms with Gasteiger partial charge in [0, 0.05) is 36.7 Å². The number of hydrogen-bond donors (Lipinski definition) is 1.